The number of aromatic nitrogens is 1. The zero-order valence-corrected chi connectivity index (χ0v) is 18.2. The van der Waals surface area contributed by atoms with Crippen LogP contribution in [0.2, 0.25) is 0 Å². The second-order valence-corrected chi connectivity index (χ2v) is 8.59. The minimum absolute atomic E-state index is 0.0115. The summed E-state index contributed by atoms with van der Waals surface area (Å²) in [6.07, 6.45) is 8.74. The van der Waals surface area contributed by atoms with E-state index in [0.29, 0.717) is 18.9 Å². The molecule has 7 nitrogen and oxygen atoms in total. The van der Waals surface area contributed by atoms with Crippen molar-refractivity contribution in [2.75, 3.05) is 46.4 Å². The largest absolute Gasteiger partial charge is 0.384 e. The van der Waals surface area contributed by atoms with Crippen molar-refractivity contribution in [3.05, 3.63) is 30.1 Å². The highest BCUT2D eigenvalue weighted by Gasteiger charge is 2.28. The molecule has 1 aromatic heterocycles. The predicted molar refractivity (Wildman–Crippen MR) is 116 cm³/mol. The number of rotatable bonds is 5. The van der Waals surface area contributed by atoms with Crippen molar-refractivity contribution in [2.45, 2.75) is 45.1 Å². The Morgan fingerprint density at radius 1 is 1.20 bits per heavy atom. The van der Waals surface area contributed by atoms with Crippen LogP contribution >= 0.6 is 0 Å². The Labute approximate surface area is 180 Å². The average molecular weight is 417 g/mol. The number of carbonyl (C=O) groups excluding carboxylic acids is 2. The van der Waals surface area contributed by atoms with E-state index in [1.54, 1.807) is 13.3 Å². The molecule has 1 aromatic rings. The van der Waals surface area contributed by atoms with Crippen LogP contribution in [0.3, 0.4) is 0 Å². The monoisotopic (exact) mass is 416 g/mol. The minimum atomic E-state index is -0.0115. The van der Waals surface area contributed by atoms with Gasteiger partial charge in [-0.15, -0.1) is 0 Å². The molecule has 1 atom stereocenters. The number of hydrogen-bond acceptors (Lipinski definition) is 5. The minimum Gasteiger partial charge on any atom is -0.384 e. The highest BCUT2D eigenvalue weighted by molar-refractivity contribution is 5.79. The van der Waals surface area contributed by atoms with Gasteiger partial charge in [0.15, 0.2) is 0 Å². The van der Waals surface area contributed by atoms with Crippen LogP contribution in [0, 0.1) is 11.8 Å². The second kappa shape index (κ2) is 12.0. The Bertz CT molecular complexity index is 662. The van der Waals surface area contributed by atoms with E-state index in [1.165, 1.54) is 0 Å². The van der Waals surface area contributed by atoms with Crippen molar-refractivity contribution >= 4 is 11.8 Å². The van der Waals surface area contributed by atoms with E-state index in [0.717, 1.165) is 77.0 Å². The van der Waals surface area contributed by atoms with Gasteiger partial charge in [-0.3, -0.25) is 19.5 Å². The Kier molecular flexibility index (Phi) is 9.08. The molecule has 1 N–H and O–H groups in total. The van der Waals surface area contributed by atoms with Crippen molar-refractivity contribution < 1.29 is 14.3 Å². The maximum Gasteiger partial charge on any atom is 0.225 e. The highest BCUT2D eigenvalue weighted by Crippen LogP contribution is 2.22. The first-order valence-corrected chi connectivity index (χ1v) is 11.3. The zero-order valence-electron chi connectivity index (χ0n) is 18.2. The van der Waals surface area contributed by atoms with Crippen LogP contribution in [0.1, 0.15) is 44.1 Å². The first kappa shape index (κ1) is 22.7. The molecule has 3 rings (SSSR count). The van der Waals surface area contributed by atoms with Crippen LogP contribution in [-0.2, 0) is 20.9 Å². The molecule has 166 valence electrons. The number of carbonyl (C=O) groups is 2. The van der Waals surface area contributed by atoms with E-state index in [4.69, 9.17) is 4.74 Å². The molecule has 1 unspecified atom stereocenters. The van der Waals surface area contributed by atoms with Crippen molar-refractivity contribution in [1.29, 1.82) is 0 Å². The molecular formula is C23H36N4O3. The Morgan fingerprint density at radius 3 is 2.77 bits per heavy atom. The van der Waals surface area contributed by atoms with Gasteiger partial charge in [0.05, 0.1) is 0 Å². The number of nitrogens with zero attached hydrogens (tertiary/aromatic N) is 3. The number of amides is 2. The summed E-state index contributed by atoms with van der Waals surface area (Å²) in [6.45, 7) is 5.41. The maximum atomic E-state index is 13.2. The summed E-state index contributed by atoms with van der Waals surface area (Å²) in [6, 6.07) is 4.01. The van der Waals surface area contributed by atoms with E-state index < -0.39 is 0 Å². The molecule has 2 fully saturated rings. The lowest BCUT2D eigenvalue weighted by atomic mass is 9.93. The summed E-state index contributed by atoms with van der Waals surface area (Å²) >= 11 is 0. The quantitative estimate of drug-likeness (QED) is 0.795. The Hall–Kier alpha value is -1.99. The number of nitrogens with one attached hydrogen (secondary N) is 1. The summed E-state index contributed by atoms with van der Waals surface area (Å²) in [4.78, 5) is 33.9. The van der Waals surface area contributed by atoms with Crippen LogP contribution in [0.5, 0.6) is 0 Å². The third-order valence-electron chi connectivity index (χ3n) is 6.30. The van der Waals surface area contributed by atoms with Crippen LogP contribution in [-0.4, -0.2) is 73.0 Å². The van der Waals surface area contributed by atoms with E-state index >= 15 is 0 Å². The van der Waals surface area contributed by atoms with Crippen LogP contribution in [0.15, 0.2) is 24.5 Å². The van der Waals surface area contributed by atoms with E-state index in [-0.39, 0.29) is 17.7 Å². The lowest BCUT2D eigenvalue weighted by molar-refractivity contribution is -0.138. The standard InChI is InChI=1S/C23H36N4O3/c1-30-18-19-7-14-27(15-8-19)23(29)21-5-3-12-26(13-9-22(28)25-11-6-21)17-20-4-2-10-24-16-20/h2,4,10,16,19,21H,3,5-9,11-15,17-18H2,1H3,(H,25,28). The molecule has 0 aromatic carbocycles. The Morgan fingerprint density at radius 2 is 2.03 bits per heavy atom. The van der Waals surface area contributed by atoms with Gasteiger partial charge in [-0.1, -0.05) is 6.07 Å². The summed E-state index contributed by atoms with van der Waals surface area (Å²) in [5.74, 6) is 0.882. The normalized spacial score (nSPS) is 22.9. The molecular weight excluding hydrogens is 380 g/mol. The third kappa shape index (κ3) is 7.06. The van der Waals surface area contributed by atoms with Gasteiger partial charge >= 0.3 is 0 Å². The first-order valence-electron chi connectivity index (χ1n) is 11.3. The second-order valence-electron chi connectivity index (χ2n) is 8.59. The number of piperidine rings is 1. The zero-order chi connectivity index (χ0) is 21.2. The average Bonchev–Trinajstić information content (AvgIpc) is 2.80. The predicted octanol–water partition coefficient (Wildman–Crippen LogP) is 2.08. The van der Waals surface area contributed by atoms with Crippen LogP contribution in [0.4, 0.5) is 0 Å². The number of hydrogen-bond donors (Lipinski definition) is 1. The summed E-state index contributed by atoms with van der Waals surface area (Å²) < 4.78 is 5.27. The molecule has 7 heteroatoms. The lowest BCUT2D eigenvalue weighted by Gasteiger charge is -2.34. The molecule has 3 heterocycles. The van der Waals surface area contributed by atoms with E-state index in [2.05, 4.69) is 21.3 Å². The van der Waals surface area contributed by atoms with Crippen LogP contribution < -0.4 is 5.32 Å². The van der Waals surface area contributed by atoms with Gasteiger partial charge in [0.25, 0.3) is 0 Å². The van der Waals surface area contributed by atoms with Gasteiger partial charge in [0.1, 0.15) is 0 Å². The van der Waals surface area contributed by atoms with Crippen molar-refractivity contribution in [3.63, 3.8) is 0 Å². The molecule has 0 bridgehead atoms. The fourth-order valence-corrected chi connectivity index (χ4v) is 4.52. The smallest absolute Gasteiger partial charge is 0.225 e. The van der Waals surface area contributed by atoms with Gasteiger partial charge in [-0.25, -0.2) is 0 Å². The summed E-state index contributed by atoms with van der Waals surface area (Å²) in [5.41, 5.74) is 1.15. The van der Waals surface area contributed by atoms with E-state index in [1.807, 2.05) is 17.2 Å². The number of methoxy groups -OCH3 is 1. The number of likely N-dealkylation sites (tertiary alicyclic amines) is 1. The fourth-order valence-electron chi connectivity index (χ4n) is 4.52. The van der Waals surface area contributed by atoms with E-state index in [9.17, 15) is 9.59 Å². The molecule has 0 spiro atoms. The van der Waals surface area contributed by atoms with Gasteiger partial charge in [0, 0.05) is 71.2 Å². The maximum absolute atomic E-state index is 13.2. The SMILES string of the molecule is COCC1CCN(C(=O)C2CCCN(Cc3cccnc3)CCC(=O)NCC2)CC1. The molecule has 30 heavy (non-hydrogen) atoms. The molecule has 2 saturated heterocycles. The summed E-state index contributed by atoms with van der Waals surface area (Å²) in [5, 5.41) is 3.01. The van der Waals surface area contributed by atoms with Crippen molar-refractivity contribution in [1.82, 2.24) is 20.1 Å². The molecule has 2 aliphatic heterocycles. The molecule has 2 aliphatic rings. The topological polar surface area (TPSA) is 74.8 Å². The third-order valence-corrected chi connectivity index (χ3v) is 6.30. The van der Waals surface area contributed by atoms with Crippen LogP contribution in [0.25, 0.3) is 0 Å². The fraction of sp³-hybridized carbons (Fsp3) is 0.696. The van der Waals surface area contributed by atoms with Gasteiger partial charge < -0.3 is 15.0 Å². The van der Waals surface area contributed by atoms with Gasteiger partial charge in [-0.2, -0.15) is 0 Å². The number of pyridine rings is 1. The van der Waals surface area contributed by atoms with Crippen molar-refractivity contribution in [3.8, 4) is 0 Å². The first-order chi connectivity index (χ1) is 14.7. The number of ether oxygens (including phenoxy) is 1. The molecule has 0 aliphatic carbocycles. The van der Waals surface area contributed by atoms with Crippen molar-refractivity contribution in [2.24, 2.45) is 11.8 Å². The highest BCUT2D eigenvalue weighted by atomic mass is 16.5. The van der Waals surface area contributed by atoms with Gasteiger partial charge in [0.2, 0.25) is 11.8 Å². The molecule has 0 radical (unpaired) electrons. The molecule has 2 amide bonds. The summed E-state index contributed by atoms with van der Waals surface area (Å²) in [7, 11) is 1.74. The Balaban J connectivity index is 1.56. The van der Waals surface area contributed by atoms with Gasteiger partial charge in [-0.05, 0) is 56.2 Å². The molecule has 0 saturated carbocycles. The lowest BCUT2D eigenvalue weighted by Crippen LogP contribution is -2.43.